The Hall–Kier alpha value is 1.93. The summed E-state index contributed by atoms with van der Waals surface area (Å²) in [6, 6.07) is 0. The van der Waals surface area contributed by atoms with E-state index in [0.29, 0.717) is 0 Å². The molecule has 0 aromatic carbocycles. The van der Waals surface area contributed by atoms with E-state index in [9.17, 15) is 0 Å². The minimum atomic E-state index is -1.50. The van der Waals surface area contributed by atoms with E-state index in [2.05, 4.69) is 0 Å². The molecule has 0 unspecified atom stereocenters. The summed E-state index contributed by atoms with van der Waals surface area (Å²) < 4.78 is 0. The zero-order chi connectivity index (χ0) is 3.58. The van der Waals surface area contributed by atoms with Crippen molar-refractivity contribution >= 4 is 0 Å². The molecule has 1 N–H and O–H groups in total. The first-order chi connectivity index (χ1) is 1.73. The van der Waals surface area contributed by atoms with Crippen molar-refractivity contribution in [3.05, 3.63) is 10.1 Å². The fourth-order valence-electron chi connectivity index (χ4n) is 0. The van der Waals surface area contributed by atoms with E-state index < -0.39 is 5.09 Å². The smallest absolute Gasteiger partial charge is 0.291 e. The molecule has 0 saturated heterocycles. The molecule has 0 aromatic heterocycles. The van der Waals surface area contributed by atoms with Crippen LogP contribution in [0, 0.1) is 92.7 Å². The molecule has 0 aliphatic rings. The molecule has 0 radical (unpaired) electrons. The van der Waals surface area contributed by atoms with Crippen LogP contribution in [0.2, 0.25) is 0 Å². The zero-order valence-corrected chi connectivity index (χ0v) is 9.06. The van der Waals surface area contributed by atoms with Crippen molar-refractivity contribution in [3.63, 3.8) is 0 Å². The minimum absolute atomic E-state index is 0. The van der Waals surface area contributed by atoms with E-state index >= 15 is 0 Å². The Morgan fingerprint density at radius 3 is 1.67 bits per heavy atom. The first-order valence-corrected chi connectivity index (χ1v) is 0.565. The SMILES string of the molecule is O=[N+]([O-])O.[Ce].[Nd]. The van der Waals surface area contributed by atoms with Gasteiger partial charge in [0.15, 0.2) is 0 Å². The van der Waals surface area contributed by atoms with E-state index in [1.807, 2.05) is 0 Å². The molecule has 6 heteroatoms. The summed E-state index contributed by atoms with van der Waals surface area (Å²) in [6.45, 7) is 0. The largest absolute Gasteiger partial charge is 0.328 e. The van der Waals surface area contributed by atoms with Crippen LogP contribution in [0.15, 0.2) is 0 Å². The Bertz CT molecular complexity index is 33.8. The fourth-order valence-corrected chi connectivity index (χ4v) is 0. The Labute approximate surface area is 101 Å². The molecule has 6 heavy (non-hydrogen) atoms. The van der Waals surface area contributed by atoms with E-state index in [-0.39, 0.29) is 82.6 Å². The third-order valence-corrected chi connectivity index (χ3v) is 0. The molecule has 0 amide bonds. The van der Waals surface area contributed by atoms with Gasteiger partial charge in [-0.25, -0.2) is 0 Å². The van der Waals surface area contributed by atoms with Crippen molar-refractivity contribution in [2.75, 3.05) is 0 Å². The molecule has 0 aromatic rings. The van der Waals surface area contributed by atoms with Crippen molar-refractivity contribution in [3.8, 4) is 0 Å². The van der Waals surface area contributed by atoms with Crippen LogP contribution in [-0.4, -0.2) is 10.3 Å². The molecule has 0 rings (SSSR count). The van der Waals surface area contributed by atoms with E-state index in [1.165, 1.54) is 0 Å². The molecule has 0 atom stereocenters. The van der Waals surface area contributed by atoms with E-state index in [0.717, 1.165) is 0 Å². The van der Waals surface area contributed by atoms with E-state index in [4.69, 9.17) is 15.3 Å². The summed E-state index contributed by atoms with van der Waals surface area (Å²) >= 11 is 0. The first kappa shape index (κ1) is 15.7. The molecule has 0 saturated carbocycles. The number of hydrogen-bond acceptors (Lipinski definition) is 2. The summed E-state index contributed by atoms with van der Waals surface area (Å²) in [7, 11) is 0. The maximum atomic E-state index is 8.36. The average Bonchev–Trinajstić information content (AvgIpc) is 0.811. The normalized spacial score (nSPS) is 4.00. The van der Waals surface area contributed by atoms with Crippen LogP contribution in [0.25, 0.3) is 0 Å². The summed E-state index contributed by atoms with van der Waals surface area (Å²) in [5.74, 6) is 0. The van der Waals surface area contributed by atoms with Gasteiger partial charge < -0.3 is 5.21 Å². The van der Waals surface area contributed by atoms with Crippen LogP contribution in [0.1, 0.15) is 0 Å². The van der Waals surface area contributed by atoms with Gasteiger partial charge in [0.1, 0.15) is 0 Å². The number of rotatable bonds is 0. The molecule has 0 spiro atoms. The van der Waals surface area contributed by atoms with Gasteiger partial charge >= 0.3 is 0 Å². The van der Waals surface area contributed by atoms with Gasteiger partial charge in [-0.05, 0) is 0 Å². The molecule has 32 valence electrons. The van der Waals surface area contributed by atoms with Crippen LogP contribution in [0.4, 0.5) is 0 Å². The van der Waals surface area contributed by atoms with Crippen molar-refractivity contribution < 1.29 is 92.9 Å². The number of hydrogen-bond donors (Lipinski definition) is 1. The topological polar surface area (TPSA) is 63.4 Å². The first-order valence-electron chi connectivity index (χ1n) is 0.565. The molecule has 4 nitrogen and oxygen atoms in total. The van der Waals surface area contributed by atoms with Gasteiger partial charge in [0, 0.05) is 82.6 Å². The van der Waals surface area contributed by atoms with Crippen molar-refractivity contribution in [1.29, 1.82) is 0 Å². The second kappa shape index (κ2) is 10.0. The predicted octanol–water partition coefficient (Wildman–Crippen LogP) is -0.348. The van der Waals surface area contributed by atoms with Crippen LogP contribution < -0.4 is 0 Å². The molecule has 0 aliphatic heterocycles. The van der Waals surface area contributed by atoms with Gasteiger partial charge in [0.25, 0.3) is 5.09 Å². The van der Waals surface area contributed by atoms with Gasteiger partial charge in [-0.3, -0.25) is 0 Å². The minimum Gasteiger partial charge on any atom is -0.328 e. The Balaban J connectivity index is -0.0000000450. The summed E-state index contributed by atoms with van der Waals surface area (Å²) in [4.78, 5) is 8.36. The van der Waals surface area contributed by atoms with Crippen LogP contribution in [0.5, 0.6) is 0 Å². The van der Waals surface area contributed by atoms with E-state index in [1.54, 1.807) is 0 Å². The van der Waals surface area contributed by atoms with Crippen LogP contribution in [0.3, 0.4) is 0 Å². The predicted molar refractivity (Wildman–Crippen MR) is 8.78 cm³/mol. The van der Waals surface area contributed by atoms with Crippen molar-refractivity contribution in [1.82, 2.24) is 0 Å². The molecule has 0 heterocycles. The Morgan fingerprint density at radius 2 is 1.67 bits per heavy atom. The van der Waals surface area contributed by atoms with Crippen LogP contribution in [-0.2, 0) is 0 Å². The van der Waals surface area contributed by atoms with Crippen LogP contribution >= 0.6 is 0 Å². The van der Waals surface area contributed by atoms with Gasteiger partial charge in [-0.1, -0.05) is 0 Å². The Morgan fingerprint density at radius 1 is 1.67 bits per heavy atom. The summed E-state index contributed by atoms with van der Waals surface area (Å²) in [5, 5.41) is 13.6. The average molecular weight is 347 g/mol. The maximum absolute atomic E-state index is 8.36. The number of nitrogens with zero attached hydrogens (tertiary/aromatic N) is 1. The van der Waals surface area contributed by atoms with Crippen molar-refractivity contribution in [2.24, 2.45) is 0 Å². The standard InChI is InChI=1S/Ce.HNO3.Nd/c;2-1(3)4;/h;(H,2,3,4);. The van der Waals surface area contributed by atoms with Gasteiger partial charge in [0.05, 0.1) is 0 Å². The third-order valence-electron chi connectivity index (χ3n) is 0. The quantitative estimate of drug-likeness (QED) is 0.481. The Kier molecular flexibility index (Phi) is 26.2. The molecule has 0 aliphatic carbocycles. The summed E-state index contributed by atoms with van der Waals surface area (Å²) in [5.41, 5.74) is 0. The maximum Gasteiger partial charge on any atom is 0.291 e. The molecule has 0 bridgehead atoms. The zero-order valence-electron chi connectivity index (χ0n) is 2.71. The van der Waals surface area contributed by atoms with Gasteiger partial charge in [-0.15, -0.1) is 10.1 Å². The monoisotopic (exact) mass is 345 g/mol. The molecular weight excluding hydrogens is 346 g/mol. The second-order valence-corrected chi connectivity index (χ2v) is 0.238. The fraction of sp³-hybridized carbons (Fsp3) is 0. The molecular formula is HCeNNdO3. The third kappa shape index (κ3) is 38.7. The molecule has 0 fully saturated rings. The van der Waals surface area contributed by atoms with Gasteiger partial charge in [-0.2, -0.15) is 0 Å². The second-order valence-electron chi connectivity index (χ2n) is 0.238. The van der Waals surface area contributed by atoms with Crippen molar-refractivity contribution in [2.45, 2.75) is 0 Å². The van der Waals surface area contributed by atoms with Gasteiger partial charge in [0.2, 0.25) is 0 Å². The summed E-state index contributed by atoms with van der Waals surface area (Å²) in [6.07, 6.45) is 0.